The first kappa shape index (κ1) is 11.6. The van der Waals surface area contributed by atoms with E-state index in [0.29, 0.717) is 0 Å². The SMILES string of the molecule is CNCCC1Cc2ncccc2CN(C)C1. The molecule has 0 aromatic carbocycles. The lowest BCUT2D eigenvalue weighted by Crippen LogP contribution is -2.25. The third-order valence-corrected chi connectivity index (χ3v) is 3.28. The van der Waals surface area contributed by atoms with Crippen molar-refractivity contribution in [2.45, 2.75) is 19.4 Å². The van der Waals surface area contributed by atoms with Gasteiger partial charge in [0.05, 0.1) is 0 Å². The fraction of sp³-hybridized carbons (Fsp3) is 0.615. The van der Waals surface area contributed by atoms with Gasteiger partial charge in [0.2, 0.25) is 0 Å². The van der Waals surface area contributed by atoms with Crippen LogP contribution in [0.15, 0.2) is 18.3 Å². The smallest absolute Gasteiger partial charge is 0.0451 e. The lowest BCUT2D eigenvalue weighted by atomic mass is 9.98. The highest BCUT2D eigenvalue weighted by atomic mass is 15.1. The van der Waals surface area contributed by atoms with Gasteiger partial charge in [-0.05, 0) is 51.0 Å². The minimum atomic E-state index is 0.730. The van der Waals surface area contributed by atoms with Crippen LogP contribution in [0.4, 0.5) is 0 Å². The summed E-state index contributed by atoms with van der Waals surface area (Å²) in [6.45, 7) is 3.32. The predicted molar refractivity (Wildman–Crippen MR) is 66.3 cm³/mol. The van der Waals surface area contributed by atoms with Gasteiger partial charge in [-0.2, -0.15) is 0 Å². The Morgan fingerprint density at radius 1 is 1.56 bits per heavy atom. The van der Waals surface area contributed by atoms with Gasteiger partial charge in [-0.15, -0.1) is 0 Å². The van der Waals surface area contributed by atoms with Gasteiger partial charge in [0.1, 0.15) is 0 Å². The summed E-state index contributed by atoms with van der Waals surface area (Å²) in [5, 5.41) is 3.24. The lowest BCUT2D eigenvalue weighted by Gasteiger charge is -2.19. The van der Waals surface area contributed by atoms with Gasteiger partial charge in [-0.25, -0.2) is 0 Å². The Kier molecular flexibility index (Phi) is 3.91. The Balaban J connectivity index is 2.11. The number of pyridine rings is 1. The number of nitrogens with zero attached hydrogens (tertiary/aromatic N) is 2. The van der Waals surface area contributed by atoms with Crippen molar-refractivity contribution < 1.29 is 0 Å². The van der Waals surface area contributed by atoms with Gasteiger partial charge >= 0.3 is 0 Å². The molecule has 1 atom stereocenters. The first-order valence-corrected chi connectivity index (χ1v) is 6.05. The molecule has 1 N–H and O–H groups in total. The van der Waals surface area contributed by atoms with E-state index in [1.54, 1.807) is 0 Å². The van der Waals surface area contributed by atoms with E-state index in [1.807, 2.05) is 19.3 Å². The van der Waals surface area contributed by atoms with Gasteiger partial charge in [0, 0.05) is 25.0 Å². The zero-order valence-electron chi connectivity index (χ0n) is 10.2. The molecule has 2 rings (SSSR count). The number of rotatable bonds is 3. The van der Waals surface area contributed by atoms with Crippen molar-refractivity contribution in [2.24, 2.45) is 5.92 Å². The molecule has 0 radical (unpaired) electrons. The average Bonchev–Trinajstić information content (AvgIpc) is 2.43. The van der Waals surface area contributed by atoms with Crippen LogP contribution in [-0.2, 0) is 13.0 Å². The molecule has 0 spiro atoms. The predicted octanol–water partition coefficient (Wildman–Crippen LogP) is 1.30. The highest BCUT2D eigenvalue weighted by Gasteiger charge is 2.19. The highest BCUT2D eigenvalue weighted by Crippen LogP contribution is 2.20. The molecule has 0 bridgehead atoms. The zero-order valence-corrected chi connectivity index (χ0v) is 10.2. The molecule has 0 saturated heterocycles. The van der Waals surface area contributed by atoms with E-state index in [9.17, 15) is 0 Å². The van der Waals surface area contributed by atoms with Crippen LogP contribution in [0.3, 0.4) is 0 Å². The lowest BCUT2D eigenvalue weighted by molar-refractivity contribution is 0.271. The van der Waals surface area contributed by atoms with Crippen LogP contribution in [0.25, 0.3) is 0 Å². The maximum atomic E-state index is 4.52. The summed E-state index contributed by atoms with van der Waals surface area (Å²) < 4.78 is 0. The van der Waals surface area contributed by atoms with Crippen molar-refractivity contribution in [1.82, 2.24) is 15.2 Å². The van der Waals surface area contributed by atoms with Crippen molar-refractivity contribution in [3.63, 3.8) is 0 Å². The first-order valence-electron chi connectivity index (χ1n) is 6.05. The van der Waals surface area contributed by atoms with Crippen LogP contribution in [0.5, 0.6) is 0 Å². The minimum Gasteiger partial charge on any atom is -0.320 e. The van der Waals surface area contributed by atoms with Gasteiger partial charge in [-0.3, -0.25) is 4.98 Å². The second-order valence-electron chi connectivity index (χ2n) is 4.77. The van der Waals surface area contributed by atoms with E-state index >= 15 is 0 Å². The van der Waals surface area contributed by atoms with E-state index < -0.39 is 0 Å². The minimum absolute atomic E-state index is 0.730. The van der Waals surface area contributed by atoms with Crippen molar-refractivity contribution in [3.05, 3.63) is 29.6 Å². The molecule has 0 saturated carbocycles. The molecule has 1 unspecified atom stereocenters. The summed E-state index contributed by atoms with van der Waals surface area (Å²) in [4.78, 5) is 6.94. The van der Waals surface area contributed by atoms with Gasteiger partial charge in [-0.1, -0.05) is 6.07 Å². The van der Waals surface area contributed by atoms with Crippen LogP contribution in [0.2, 0.25) is 0 Å². The van der Waals surface area contributed by atoms with E-state index in [0.717, 1.165) is 25.4 Å². The molecule has 3 heteroatoms. The Hall–Kier alpha value is -0.930. The summed E-state index contributed by atoms with van der Waals surface area (Å²) in [6.07, 6.45) is 4.28. The topological polar surface area (TPSA) is 28.2 Å². The fourth-order valence-corrected chi connectivity index (χ4v) is 2.47. The van der Waals surface area contributed by atoms with E-state index in [-0.39, 0.29) is 0 Å². The average molecular weight is 219 g/mol. The maximum Gasteiger partial charge on any atom is 0.0451 e. The van der Waals surface area contributed by atoms with Crippen LogP contribution >= 0.6 is 0 Å². The maximum absolute atomic E-state index is 4.52. The van der Waals surface area contributed by atoms with Crippen molar-refractivity contribution in [1.29, 1.82) is 0 Å². The van der Waals surface area contributed by atoms with E-state index in [2.05, 4.69) is 28.3 Å². The summed E-state index contributed by atoms with van der Waals surface area (Å²) in [7, 11) is 4.22. The molecule has 1 aliphatic rings. The van der Waals surface area contributed by atoms with E-state index in [4.69, 9.17) is 0 Å². The largest absolute Gasteiger partial charge is 0.320 e. The monoisotopic (exact) mass is 219 g/mol. The second kappa shape index (κ2) is 5.41. The normalized spacial score (nSPS) is 21.5. The molecule has 2 heterocycles. The Morgan fingerprint density at radius 3 is 3.25 bits per heavy atom. The van der Waals surface area contributed by atoms with E-state index in [1.165, 1.54) is 24.2 Å². The van der Waals surface area contributed by atoms with Crippen LogP contribution < -0.4 is 5.32 Å². The molecule has 1 aromatic heterocycles. The Bertz CT molecular complexity index is 338. The van der Waals surface area contributed by atoms with Gasteiger partial charge < -0.3 is 10.2 Å². The first-order chi connectivity index (χ1) is 7.79. The molecule has 88 valence electrons. The number of nitrogens with one attached hydrogen (secondary N) is 1. The molecular formula is C13H21N3. The van der Waals surface area contributed by atoms with Crippen LogP contribution in [0.1, 0.15) is 17.7 Å². The molecule has 1 aromatic rings. The number of hydrogen-bond donors (Lipinski definition) is 1. The van der Waals surface area contributed by atoms with Gasteiger partial charge in [0.15, 0.2) is 0 Å². The summed E-state index contributed by atoms with van der Waals surface area (Å²) in [5.74, 6) is 0.730. The molecule has 1 aliphatic heterocycles. The van der Waals surface area contributed by atoms with Crippen molar-refractivity contribution >= 4 is 0 Å². The number of fused-ring (bicyclic) bond motifs is 1. The van der Waals surface area contributed by atoms with Crippen LogP contribution in [-0.4, -0.2) is 37.1 Å². The molecule has 0 amide bonds. The standard InChI is InChI=1S/C13H21N3/c1-14-7-5-11-8-13-12(4-3-6-15-13)10-16(2)9-11/h3-4,6,11,14H,5,7-10H2,1-2H3. The highest BCUT2D eigenvalue weighted by molar-refractivity contribution is 5.21. The fourth-order valence-electron chi connectivity index (χ4n) is 2.47. The molecule has 3 nitrogen and oxygen atoms in total. The second-order valence-corrected chi connectivity index (χ2v) is 4.77. The Morgan fingerprint density at radius 2 is 2.44 bits per heavy atom. The zero-order chi connectivity index (χ0) is 11.4. The molecule has 0 fully saturated rings. The molecule has 0 aliphatic carbocycles. The molecular weight excluding hydrogens is 198 g/mol. The summed E-state index contributed by atoms with van der Waals surface area (Å²) >= 11 is 0. The summed E-state index contributed by atoms with van der Waals surface area (Å²) in [6, 6.07) is 4.25. The van der Waals surface area contributed by atoms with Gasteiger partial charge in [0.25, 0.3) is 0 Å². The quantitative estimate of drug-likeness (QED) is 0.830. The van der Waals surface area contributed by atoms with Crippen molar-refractivity contribution in [3.8, 4) is 0 Å². The third-order valence-electron chi connectivity index (χ3n) is 3.28. The Labute approximate surface area is 97.9 Å². The van der Waals surface area contributed by atoms with Crippen molar-refractivity contribution in [2.75, 3.05) is 27.2 Å². The van der Waals surface area contributed by atoms with Crippen LogP contribution in [0, 0.1) is 5.92 Å². The third kappa shape index (κ3) is 2.80. The number of aromatic nitrogens is 1. The summed E-state index contributed by atoms with van der Waals surface area (Å²) in [5.41, 5.74) is 2.70. The molecule has 16 heavy (non-hydrogen) atoms. The number of hydrogen-bond acceptors (Lipinski definition) is 3.